The molecule has 2 aliphatic rings. The van der Waals surface area contributed by atoms with Gasteiger partial charge in [-0.15, -0.1) is 0 Å². The average Bonchev–Trinajstić information content (AvgIpc) is 3.25. The van der Waals surface area contributed by atoms with Gasteiger partial charge in [-0.3, -0.25) is 4.79 Å². The number of rotatable bonds is 5. The minimum atomic E-state index is -3.83. The number of hydrogen-bond donors (Lipinski definition) is 0. The summed E-state index contributed by atoms with van der Waals surface area (Å²) in [6.07, 6.45) is 1.17. The Morgan fingerprint density at radius 1 is 1.10 bits per heavy atom. The molecule has 1 fully saturated rings. The summed E-state index contributed by atoms with van der Waals surface area (Å²) in [6, 6.07) is 11.9. The summed E-state index contributed by atoms with van der Waals surface area (Å²) >= 11 is 0. The Kier molecular flexibility index (Phi) is 5.71. The Morgan fingerprint density at radius 3 is 2.53 bits per heavy atom. The number of carbonyl (C=O) groups excluding carboxylic acids is 1. The van der Waals surface area contributed by atoms with Crippen LogP contribution in [0.1, 0.15) is 24.0 Å². The van der Waals surface area contributed by atoms with Crippen LogP contribution in [0.5, 0.6) is 11.5 Å². The molecule has 2 aromatic carbocycles. The summed E-state index contributed by atoms with van der Waals surface area (Å²) < 4.78 is 39.0. The van der Waals surface area contributed by atoms with E-state index in [0.717, 1.165) is 11.1 Å². The molecule has 2 aliphatic heterocycles. The maximum atomic E-state index is 13.3. The van der Waals surface area contributed by atoms with Gasteiger partial charge < -0.3 is 14.4 Å². The molecule has 0 saturated carbocycles. The highest BCUT2D eigenvalue weighted by Gasteiger charge is 2.41. The highest BCUT2D eigenvalue weighted by atomic mass is 32.2. The second-order valence-electron chi connectivity index (χ2n) is 7.76. The summed E-state index contributed by atoms with van der Waals surface area (Å²) in [7, 11) is -2.11. The van der Waals surface area contributed by atoms with E-state index in [1.807, 2.05) is 31.2 Å². The normalized spacial score (nSPS) is 18.9. The molecular weight excluding hydrogens is 404 g/mol. The van der Waals surface area contributed by atoms with Gasteiger partial charge in [0.1, 0.15) is 19.3 Å². The Hall–Kier alpha value is -2.58. The molecule has 4 rings (SSSR count). The van der Waals surface area contributed by atoms with Crippen molar-refractivity contribution in [3.63, 3.8) is 0 Å². The number of sulfonamides is 1. The lowest BCUT2D eigenvalue weighted by molar-refractivity contribution is -0.133. The van der Waals surface area contributed by atoms with E-state index in [1.165, 1.54) is 16.4 Å². The van der Waals surface area contributed by atoms with Crippen LogP contribution in [0.4, 0.5) is 0 Å². The average molecular weight is 431 g/mol. The number of aryl methyl sites for hydroxylation is 1. The van der Waals surface area contributed by atoms with Gasteiger partial charge in [-0.1, -0.05) is 29.8 Å². The van der Waals surface area contributed by atoms with Crippen LogP contribution in [0, 0.1) is 6.92 Å². The fourth-order valence-electron chi connectivity index (χ4n) is 3.89. The van der Waals surface area contributed by atoms with Crippen LogP contribution in [0.2, 0.25) is 0 Å². The van der Waals surface area contributed by atoms with Gasteiger partial charge in [0.15, 0.2) is 11.5 Å². The summed E-state index contributed by atoms with van der Waals surface area (Å²) in [5.74, 6) is 0.766. The van der Waals surface area contributed by atoms with Gasteiger partial charge >= 0.3 is 0 Å². The van der Waals surface area contributed by atoms with E-state index in [9.17, 15) is 13.2 Å². The first kappa shape index (κ1) is 20.7. The Labute approximate surface area is 177 Å². The highest BCUT2D eigenvalue weighted by molar-refractivity contribution is 7.89. The molecule has 160 valence electrons. The molecule has 0 bridgehead atoms. The SMILES string of the molecule is Cc1ccc(CN(C)C(=O)C2CCCN2S(=O)(=O)c2ccc3c(c2)OCCO3)cc1. The van der Waals surface area contributed by atoms with Crippen molar-refractivity contribution in [3.05, 3.63) is 53.6 Å². The van der Waals surface area contributed by atoms with Crippen molar-refractivity contribution in [2.24, 2.45) is 0 Å². The summed E-state index contributed by atoms with van der Waals surface area (Å²) in [6.45, 7) is 3.59. The summed E-state index contributed by atoms with van der Waals surface area (Å²) in [4.78, 5) is 14.8. The van der Waals surface area contributed by atoms with Gasteiger partial charge in [0.2, 0.25) is 15.9 Å². The first-order chi connectivity index (χ1) is 14.4. The molecule has 1 amide bonds. The van der Waals surface area contributed by atoms with Crippen LogP contribution < -0.4 is 9.47 Å². The first-order valence-electron chi connectivity index (χ1n) is 10.1. The fourth-order valence-corrected chi connectivity index (χ4v) is 5.56. The van der Waals surface area contributed by atoms with Gasteiger partial charge in [0.25, 0.3) is 0 Å². The van der Waals surface area contributed by atoms with E-state index < -0.39 is 16.1 Å². The van der Waals surface area contributed by atoms with Gasteiger partial charge in [0, 0.05) is 26.2 Å². The molecule has 30 heavy (non-hydrogen) atoms. The van der Waals surface area contributed by atoms with Gasteiger partial charge in [-0.05, 0) is 37.5 Å². The van der Waals surface area contributed by atoms with Crippen molar-refractivity contribution in [2.45, 2.75) is 37.2 Å². The fraction of sp³-hybridized carbons (Fsp3) is 0.409. The van der Waals surface area contributed by atoms with Crippen molar-refractivity contribution in [1.82, 2.24) is 9.21 Å². The Bertz CT molecular complexity index is 1040. The van der Waals surface area contributed by atoms with Crippen LogP contribution in [-0.4, -0.2) is 56.4 Å². The van der Waals surface area contributed by atoms with Crippen LogP contribution in [-0.2, 0) is 21.4 Å². The molecule has 7 nitrogen and oxygen atoms in total. The van der Waals surface area contributed by atoms with Crippen molar-refractivity contribution >= 4 is 15.9 Å². The predicted octanol–water partition coefficient (Wildman–Crippen LogP) is 2.58. The molecule has 8 heteroatoms. The van der Waals surface area contributed by atoms with E-state index >= 15 is 0 Å². The highest BCUT2D eigenvalue weighted by Crippen LogP contribution is 2.35. The summed E-state index contributed by atoms with van der Waals surface area (Å²) in [5, 5.41) is 0. The molecule has 0 aromatic heterocycles. The molecule has 0 spiro atoms. The number of carbonyl (C=O) groups is 1. The third-order valence-electron chi connectivity index (χ3n) is 5.53. The van der Waals surface area contributed by atoms with Crippen LogP contribution in [0.3, 0.4) is 0 Å². The zero-order chi connectivity index (χ0) is 21.3. The smallest absolute Gasteiger partial charge is 0.243 e. The molecule has 0 aliphatic carbocycles. The van der Waals surface area contributed by atoms with Crippen molar-refractivity contribution in [3.8, 4) is 11.5 Å². The Morgan fingerprint density at radius 2 is 1.80 bits per heavy atom. The van der Waals surface area contributed by atoms with E-state index in [-0.39, 0.29) is 10.8 Å². The number of hydrogen-bond acceptors (Lipinski definition) is 5. The number of fused-ring (bicyclic) bond motifs is 1. The molecule has 0 N–H and O–H groups in total. The molecule has 1 atom stereocenters. The van der Waals surface area contributed by atoms with Crippen molar-refractivity contribution in [2.75, 3.05) is 26.8 Å². The van der Waals surface area contributed by atoms with Gasteiger partial charge in [-0.2, -0.15) is 4.31 Å². The van der Waals surface area contributed by atoms with Crippen molar-refractivity contribution < 1.29 is 22.7 Å². The topological polar surface area (TPSA) is 76.2 Å². The van der Waals surface area contributed by atoms with E-state index in [0.29, 0.717) is 50.6 Å². The van der Waals surface area contributed by atoms with Gasteiger partial charge in [0.05, 0.1) is 4.90 Å². The van der Waals surface area contributed by atoms with Gasteiger partial charge in [-0.25, -0.2) is 8.42 Å². The molecule has 2 aromatic rings. The van der Waals surface area contributed by atoms with Crippen LogP contribution in [0.15, 0.2) is 47.4 Å². The monoisotopic (exact) mass is 430 g/mol. The van der Waals surface area contributed by atoms with E-state index in [2.05, 4.69) is 0 Å². The predicted molar refractivity (Wildman–Crippen MR) is 112 cm³/mol. The number of ether oxygens (including phenoxy) is 2. The number of amides is 1. The second-order valence-corrected chi connectivity index (χ2v) is 9.65. The second kappa shape index (κ2) is 8.28. The van der Waals surface area contributed by atoms with E-state index in [4.69, 9.17) is 9.47 Å². The molecule has 1 unspecified atom stereocenters. The standard InChI is InChI=1S/C22H26N2O5S/c1-16-5-7-17(8-6-16)15-23(2)22(25)19-4-3-11-24(19)30(26,27)18-9-10-20-21(14-18)29-13-12-28-20/h5-10,14,19H,3-4,11-13,15H2,1-2H3. The van der Waals surface area contributed by atoms with Crippen LogP contribution >= 0.6 is 0 Å². The molecule has 1 saturated heterocycles. The third kappa shape index (κ3) is 4.02. The van der Waals surface area contributed by atoms with Crippen molar-refractivity contribution in [1.29, 1.82) is 0 Å². The third-order valence-corrected chi connectivity index (χ3v) is 7.43. The lowest BCUT2D eigenvalue weighted by atomic mass is 10.1. The zero-order valence-electron chi connectivity index (χ0n) is 17.2. The van der Waals surface area contributed by atoms with E-state index in [1.54, 1.807) is 18.0 Å². The first-order valence-corrected chi connectivity index (χ1v) is 11.5. The molecular formula is C22H26N2O5S. The number of nitrogens with zero attached hydrogens (tertiary/aromatic N) is 2. The minimum Gasteiger partial charge on any atom is -0.486 e. The number of benzene rings is 2. The summed E-state index contributed by atoms with van der Waals surface area (Å²) in [5.41, 5.74) is 2.16. The zero-order valence-corrected chi connectivity index (χ0v) is 18.0. The quantitative estimate of drug-likeness (QED) is 0.729. The maximum absolute atomic E-state index is 13.3. The maximum Gasteiger partial charge on any atom is 0.243 e. The van der Waals surface area contributed by atoms with Crippen LogP contribution in [0.25, 0.3) is 0 Å². The largest absolute Gasteiger partial charge is 0.486 e. The lowest BCUT2D eigenvalue weighted by Gasteiger charge is -2.28. The number of likely N-dealkylation sites (N-methyl/N-ethyl adjacent to an activating group) is 1. The molecule has 2 heterocycles. The lowest BCUT2D eigenvalue weighted by Crippen LogP contribution is -2.46. The minimum absolute atomic E-state index is 0.118. The Balaban J connectivity index is 1.53. The molecule has 0 radical (unpaired) electrons.